The Morgan fingerprint density at radius 3 is 2.74 bits per heavy atom. The fourth-order valence-electron chi connectivity index (χ4n) is 4.43. The quantitative estimate of drug-likeness (QED) is 0.304. The third-order valence-electron chi connectivity index (χ3n) is 6.34. The van der Waals surface area contributed by atoms with Crippen LogP contribution in [-0.2, 0) is 19.2 Å². The van der Waals surface area contributed by atoms with Crippen LogP contribution in [-0.4, -0.2) is 78.7 Å². The topological polar surface area (TPSA) is 149 Å². The first kappa shape index (κ1) is 24.8. The molecule has 0 radical (unpaired) electrons. The Labute approximate surface area is 222 Å². The molecule has 4 aromatic rings. The summed E-state index contributed by atoms with van der Waals surface area (Å²) in [5, 5.41) is 10.3. The maximum Gasteiger partial charge on any atom is 0.296 e. The zero-order valence-electron chi connectivity index (χ0n) is 19.7. The largest absolute Gasteiger partial charge is 0.456 e. The van der Waals surface area contributed by atoms with E-state index in [0.717, 1.165) is 0 Å². The Hall–Kier alpha value is -3.55. The molecule has 5 heterocycles. The second kappa shape index (κ2) is 9.64. The van der Waals surface area contributed by atoms with Gasteiger partial charge in [-0.2, -0.15) is 4.98 Å². The van der Waals surface area contributed by atoms with Gasteiger partial charge in [0, 0.05) is 23.5 Å². The van der Waals surface area contributed by atoms with Gasteiger partial charge in [0.2, 0.25) is 0 Å². The van der Waals surface area contributed by atoms with Crippen molar-refractivity contribution in [2.45, 2.75) is 29.3 Å². The molecule has 1 amide bonds. The van der Waals surface area contributed by atoms with Crippen molar-refractivity contribution in [3.8, 4) is 17.3 Å². The molecule has 5 atom stereocenters. The Morgan fingerprint density at radius 2 is 1.97 bits per heavy atom. The lowest BCUT2D eigenvalue weighted by Gasteiger charge is -2.15. The molecule has 2 fully saturated rings. The summed E-state index contributed by atoms with van der Waals surface area (Å²) in [7, 11) is -3.06. The maximum absolute atomic E-state index is 12.9. The van der Waals surface area contributed by atoms with Crippen molar-refractivity contribution in [1.29, 1.82) is 0 Å². The second-order valence-corrected chi connectivity index (χ2v) is 11.4. The maximum atomic E-state index is 12.9. The summed E-state index contributed by atoms with van der Waals surface area (Å²) in [6.07, 6.45) is 1.07. The number of aliphatic hydroxyl groups excluding tert-OH is 1. The van der Waals surface area contributed by atoms with E-state index in [1.54, 1.807) is 48.7 Å². The fourth-order valence-corrected chi connectivity index (χ4v) is 5.76. The van der Waals surface area contributed by atoms with Gasteiger partial charge in [-0.3, -0.25) is 14.5 Å². The molecule has 0 bridgehead atoms. The lowest BCUT2D eigenvalue weighted by atomic mass is 10.1. The predicted octanol–water partition coefficient (Wildman–Crippen LogP) is 2.00. The van der Waals surface area contributed by atoms with E-state index < -0.39 is 33.9 Å². The zero-order valence-corrected chi connectivity index (χ0v) is 21.3. The van der Waals surface area contributed by atoms with Gasteiger partial charge in [0.15, 0.2) is 11.8 Å². The van der Waals surface area contributed by atoms with Crippen molar-refractivity contribution in [2.24, 2.45) is 0 Å². The van der Waals surface area contributed by atoms with Crippen molar-refractivity contribution < 1.29 is 28.3 Å². The molecule has 2 aliphatic heterocycles. The monoisotopic (exact) mass is 555 g/mol. The van der Waals surface area contributed by atoms with Gasteiger partial charge in [-0.15, -0.1) is 0 Å². The number of aliphatic hydroxyl groups is 1. The molecule has 2 aliphatic rings. The highest BCUT2D eigenvalue weighted by Gasteiger charge is 2.48. The number of pyridine rings is 2. The summed E-state index contributed by atoms with van der Waals surface area (Å²) in [5.74, 6) is 3.11. The number of rotatable bonds is 6. The minimum Gasteiger partial charge on any atom is -0.456 e. The number of fused-ring (bicyclic) bond motifs is 2. The summed E-state index contributed by atoms with van der Waals surface area (Å²) in [4.78, 5) is 29.0. The Balaban J connectivity index is 1.19. The van der Waals surface area contributed by atoms with Gasteiger partial charge in [0.05, 0.1) is 44.1 Å². The molecule has 38 heavy (non-hydrogen) atoms. The SMILES string of the molecule is C=S(=O)(NC(=O)c1ccc(-c2nc3nc(OC4COC5C(O)COC45)[nH]c3cc2Cl)cc1)c1cccnc1. The Bertz CT molecular complexity index is 1610. The van der Waals surface area contributed by atoms with E-state index in [9.17, 15) is 14.1 Å². The number of H-pyrrole nitrogens is 1. The molecule has 0 saturated carbocycles. The summed E-state index contributed by atoms with van der Waals surface area (Å²) in [5.41, 5.74) is 2.37. The van der Waals surface area contributed by atoms with Crippen LogP contribution < -0.4 is 9.46 Å². The zero-order chi connectivity index (χ0) is 26.4. The van der Waals surface area contributed by atoms with Crippen LogP contribution in [0.5, 0.6) is 6.01 Å². The minimum absolute atomic E-state index is 0.203. The fraction of sp³-hybridized carbons (Fsp3) is 0.240. The van der Waals surface area contributed by atoms with Crippen LogP contribution in [0.2, 0.25) is 5.02 Å². The standard InChI is InChI=1S/C25H22ClN5O6S/c1-38(34,15-3-2-8-27-10-15)31-24(33)14-6-4-13(5-7-14)20-16(26)9-17-23(29-20)30-25(28-17)37-19-12-36-21-18(32)11-35-22(19)21/h2-10,18-19,21-22,32H,1,11-12H2,(H,28,29,30)(H,31,33,34). The molecule has 0 spiro atoms. The van der Waals surface area contributed by atoms with E-state index in [4.69, 9.17) is 25.8 Å². The number of benzene rings is 1. The number of carbonyl (C=O) groups excluding carboxylic acids is 1. The average Bonchev–Trinajstić information content (AvgIpc) is 3.60. The van der Waals surface area contributed by atoms with Gasteiger partial charge >= 0.3 is 0 Å². The number of aromatic nitrogens is 4. The first-order valence-corrected chi connectivity index (χ1v) is 13.7. The van der Waals surface area contributed by atoms with Crippen LogP contribution in [0.25, 0.3) is 22.4 Å². The van der Waals surface area contributed by atoms with Gasteiger partial charge in [0.25, 0.3) is 11.9 Å². The van der Waals surface area contributed by atoms with E-state index in [0.29, 0.717) is 32.3 Å². The summed E-state index contributed by atoms with van der Waals surface area (Å²) in [6.45, 7) is 0.475. The van der Waals surface area contributed by atoms with E-state index in [-0.39, 0.29) is 30.9 Å². The molecule has 3 N–H and O–H groups in total. The van der Waals surface area contributed by atoms with Crippen molar-refractivity contribution in [2.75, 3.05) is 13.2 Å². The van der Waals surface area contributed by atoms with Crippen molar-refractivity contribution in [3.05, 3.63) is 65.4 Å². The number of hydrogen-bond acceptors (Lipinski definition) is 9. The number of carbonyl (C=O) groups is 1. The molecular weight excluding hydrogens is 534 g/mol. The highest BCUT2D eigenvalue weighted by molar-refractivity contribution is 7.99. The molecule has 13 heteroatoms. The van der Waals surface area contributed by atoms with Crippen LogP contribution >= 0.6 is 11.6 Å². The molecular formula is C25H22ClN5O6S. The lowest BCUT2D eigenvalue weighted by molar-refractivity contribution is 0.00706. The van der Waals surface area contributed by atoms with E-state index in [1.807, 2.05) is 0 Å². The van der Waals surface area contributed by atoms with Gasteiger partial charge < -0.3 is 24.3 Å². The Kier molecular flexibility index (Phi) is 6.28. The van der Waals surface area contributed by atoms with E-state index >= 15 is 0 Å². The predicted molar refractivity (Wildman–Crippen MR) is 139 cm³/mol. The number of imidazole rings is 1. The first-order chi connectivity index (χ1) is 18.3. The van der Waals surface area contributed by atoms with Crippen LogP contribution in [0.15, 0.2) is 59.8 Å². The van der Waals surface area contributed by atoms with Gasteiger partial charge in [-0.25, -0.2) is 9.19 Å². The number of hydrogen-bond donors (Lipinski definition) is 3. The summed E-state index contributed by atoms with van der Waals surface area (Å²) >= 11 is 6.51. The highest BCUT2D eigenvalue weighted by atomic mass is 35.5. The molecule has 11 nitrogen and oxygen atoms in total. The van der Waals surface area contributed by atoms with Crippen LogP contribution in [0.1, 0.15) is 10.4 Å². The minimum atomic E-state index is -3.06. The normalized spacial score (nSPS) is 24.2. The first-order valence-electron chi connectivity index (χ1n) is 11.6. The third-order valence-corrected chi connectivity index (χ3v) is 8.15. The molecule has 0 aliphatic carbocycles. The molecule has 5 unspecified atom stereocenters. The van der Waals surface area contributed by atoms with Crippen LogP contribution in [0.3, 0.4) is 0 Å². The van der Waals surface area contributed by atoms with Gasteiger partial charge in [-0.05, 0) is 36.2 Å². The Morgan fingerprint density at radius 1 is 1.18 bits per heavy atom. The van der Waals surface area contributed by atoms with Crippen molar-refractivity contribution >= 4 is 44.3 Å². The summed E-state index contributed by atoms with van der Waals surface area (Å²) < 4.78 is 32.4. The smallest absolute Gasteiger partial charge is 0.296 e. The second-order valence-electron chi connectivity index (χ2n) is 8.92. The molecule has 3 aromatic heterocycles. The van der Waals surface area contributed by atoms with Gasteiger partial charge in [-0.1, -0.05) is 23.7 Å². The number of halogens is 1. The number of aromatic amines is 1. The van der Waals surface area contributed by atoms with Crippen LogP contribution in [0.4, 0.5) is 0 Å². The van der Waals surface area contributed by atoms with E-state index in [2.05, 4.69) is 30.5 Å². The van der Waals surface area contributed by atoms with Crippen molar-refractivity contribution in [3.63, 3.8) is 0 Å². The lowest BCUT2D eigenvalue weighted by Crippen LogP contribution is -2.34. The third kappa shape index (κ3) is 4.61. The molecule has 2 saturated heterocycles. The molecule has 1 aromatic carbocycles. The number of ether oxygens (including phenoxy) is 3. The highest BCUT2D eigenvalue weighted by Crippen LogP contribution is 2.32. The average molecular weight is 556 g/mol. The number of nitrogens with one attached hydrogen (secondary N) is 2. The van der Waals surface area contributed by atoms with Gasteiger partial charge in [0.1, 0.15) is 18.3 Å². The number of amides is 1. The summed E-state index contributed by atoms with van der Waals surface area (Å²) in [6, 6.07) is 11.7. The van der Waals surface area contributed by atoms with E-state index in [1.165, 1.54) is 6.20 Å². The molecule has 6 rings (SSSR count). The molecule has 196 valence electrons. The van der Waals surface area contributed by atoms with Crippen LogP contribution in [0, 0.1) is 0 Å². The van der Waals surface area contributed by atoms with Crippen molar-refractivity contribution in [1.82, 2.24) is 24.7 Å². The number of nitrogens with zero attached hydrogens (tertiary/aromatic N) is 3.